The summed E-state index contributed by atoms with van der Waals surface area (Å²) < 4.78 is 0. The van der Waals surface area contributed by atoms with E-state index in [0.717, 1.165) is 43.6 Å². The number of anilines is 2. The number of nitrogens with one attached hydrogen (secondary N) is 1. The Kier molecular flexibility index (Phi) is 6.19. The summed E-state index contributed by atoms with van der Waals surface area (Å²) in [6.45, 7) is 3.69. The first-order chi connectivity index (χ1) is 12.1. The van der Waals surface area contributed by atoms with E-state index in [9.17, 15) is 4.79 Å². The van der Waals surface area contributed by atoms with Gasteiger partial charge >= 0.3 is 6.03 Å². The molecule has 3 rings (SSSR count). The number of nitrogens with zero attached hydrogens (tertiary/aromatic N) is 3. The van der Waals surface area contributed by atoms with E-state index in [1.165, 1.54) is 38.5 Å². The highest BCUT2D eigenvalue weighted by Crippen LogP contribution is 2.23. The molecule has 1 saturated carbocycles. The molecule has 1 saturated heterocycles. The Hall–Kier alpha value is -1.75. The summed E-state index contributed by atoms with van der Waals surface area (Å²) >= 11 is 0. The lowest BCUT2D eigenvalue weighted by atomic mass is 10.1. The van der Waals surface area contributed by atoms with Gasteiger partial charge in [-0.1, -0.05) is 25.7 Å². The third-order valence-corrected chi connectivity index (χ3v) is 5.58. The van der Waals surface area contributed by atoms with Gasteiger partial charge in [0.25, 0.3) is 0 Å². The van der Waals surface area contributed by atoms with Crippen molar-refractivity contribution in [2.24, 2.45) is 0 Å². The number of piperazine rings is 1. The van der Waals surface area contributed by atoms with E-state index in [0.29, 0.717) is 0 Å². The van der Waals surface area contributed by atoms with E-state index in [4.69, 9.17) is 0 Å². The average Bonchev–Trinajstić information content (AvgIpc) is 2.92. The smallest absolute Gasteiger partial charge is 0.321 e. The molecular formula is C20H32N4O. The van der Waals surface area contributed by atoms with Crippen molar-refractivity contribution in [3.05, 3.63) is 24.3 Å². The van der Waals surface area contributed by atoms with Crippen molar-refractivity contribution in [3.63, 3.8) is 0 Å². The van der Waals surface area contributed by atoms with Gasteiger partial charge in [0.2, 0.25) is 0 Å². The lowest BCUT2D eigenvalue weighted by Gasteiger charge is -2.39. The summed E-state index contributed by atoms with van der Waals surface area (Å²) in [5.41, 5.74) is 2.00. The van der Waals surface area contributed by atoms with Crippen LogP contribution in [0.1, 0.15) is 38.5 Å². The molecule has 0 unspecified atom stereocenters. The number of urea groups is 1. The second kappa shape index (κ2) is 8.56. The van der Waals surface area contributed by atoms with Crippen molar-refractivity contribution < 1.29 is 4.79 Å². The number of hydrogen-bond acceptors (Lipinski definition) is 3. The van der Waals surface area contributed by atoms with Gasteiger partial charge in [0, 0.05) is 57.7 Å². The number of carbonyl (C=O) groups excluding carboxylic acids is 1. The molecule has 138 valence electrons. The largest absolute Gasteiger partial charge is 0.378 e. The lowest BCUT2D eigenvalue weighted by molar-refractivity contribution is 0.105. The zero-order valence-corrected chi connectivity index (χ0v) is 15.7. The summed E-state index contributed by atoms with van der Waals surface area (Å²) in [4.78, 5) is 19.1. The van der Waals surface area contributed by atoms with Crippen LogP contribution in [0, 0.1) is 0 Å². The van der Waals surface area contributed by atoms with Crippen LogP contribution in [0.4, 0.5) is 16.2 Å². The Labute approximate surface area is 152 Å². The number of rotatable bonds is 3. The SMILES string of the molecule is CN(C)c1ccc(NC(=O)N2CCN(C3CCCCCC3)CC2)cc1. The van der Waals surface area contributed by atoms with E-state index in [1.807, 2.05) is 43.3 Å². The van der Waals surface area contributed by atoms with Gasteiger partial charge in [-0.05, 0) is 37.1 Å². The normalized spacial score (nSPS) is 20.2. The van der Waals surface area contributed by atoms with Crippen LogP contribution >= 0.6 is 0 Å². The number of carbonyl (C=O) groups is 1. The van der Waals surface area contributed by atoms with Crippen molar-refractivity contribution in [1.29, 1.82) is 0 Å². The molecule has 0 spiro atoms. The minimum absolute atomic E-state index is 0.0260. The molecule has 0 radical (unpaired) electrons. The molecule has 1 aliphatic heterocycles. The molecule has 2 amide bonds. The molecule has 1 aromatic carbocycles. The van der Waals surface area contributed by atoms with Gasteiger partial charge in [-0.15, -0.1) is 0 Å². The van der Waals surface area contributed by atoms with Crippen molar-refractivity contribution >= 4 is 17.4 Å². The Morgan fingerprint density at radius 1 is 0.960 bits per heavy atom. The molecule has 1 heterocycles. The highest BCUT2D eigenvalue weighted by molar-refractivity contribution is 5.89. The number of benzene rings is 1. The molecule has 5 nitrogen and oxygen atoms in total. The van der Waals surface area contributed by atoms with Crippen molar-refractivity contribution in [3.8, 4) is 0 Å². The molecule has 25 heavy (non-hydrogen) atoms. The van der Waals surface area contributed by atoms with Crippen LogP contribution < -0.4 is 10.2 Å². The summed E-state index contributed by atoms with van der Waals surface area (Å²) in [5, 5.41) is 3.03. The second-order valence-electron chi connectivity index (χ2n) is 7.54. The van der Waals surface area contributed by atoms with E-state index >= 15 is 0 Å². The summed E-state index contributed by atoms with van der Waals surface area (Å²) in [6, 6.07) is 8.76. The van der Waals surface area contributed by atoms with Gasteiger partial charge in [0.1, 0.15) is 0 Å². The van der Waals surface area contributed by atoms with Gasteiger partial charge < -0.3 is 15.1 Å². The first-order valence-corrected chi connectivity index (χ1v) is 9.71. The van der Waals surface area contributed by atoms with Crippen LogP contribution in [-0.4, -0.2) is 62.1 Å². The predicted molar refractivity (Wildman–Crippen MR) is 104 cm³/mol. The Morgan fingerprint density at radius 3 is 2.12 bits per heavy atom. The van der Waals surface area contributed by atoms with Crippen LogP contribution in [-0.2, 0) is 0 Å². The van der Waals surface area contributed by atoms with Gasteiger partial charge in [-0.3, -0.25) is 4.90 Å². The van der Waals surface area contributed by atoms with E-state index < -0.39 is 0 Å². The standard InChI is InChI=1S/C20H32N4O/c1-22(2)18-11-9-17(10-12-18)21-20(25)24-15-13-23(14-16-24)19-7-5-3-4-6-8-19/h9-12,19H,3-8,13-16H2,1-2H3,(H,21,25). The van der Waals surface area contributed by atoms with Crippen molar-refractivity contribution in [2.75, 3.05) is 50.5 Å². The maximum atomic E-state index is 12.5. The fourth-order valence-corrected chi connectivity index (χ4v) is 3.96. The summed E-state index contributed by atoms with van der Waals surface area (Å²) in [5.74, 6) is 0. The molecule has 0 atom stereocenters. The van der Waals surface area contributed by atoms with Gasteiger partial charge in [-0.25, -0.2) is 4.79 Å². The highest BCUT2D eigenvalue weighted by atomic mass is 16.2. The van der Waals surface area contributed by atoms with E-state index in [1.54, 1.807) is 0 Å². The van der Waals surface area contributed by atoms with Gasteiger partial charge in [0.15, 0.2) is 0 Å². The highest BCUT2D eigenvalue weighted by Gasteiger charge is 2.26. The van der Waals surface area contributed by atoms with Gasteiger partial charge in [0.05, 0.1) is 0 Å². The maximum absolute atomic E-state index is 12.5. The zero-order valence-electron chi connectivity index (χ0n) is 15.7. The first-order valence-electron chi connectivity index (χ1n) is 9.71. The molecule has 1 aromatic rings. The molecule has 0 aromatic heterocycles. The number of hydrogen-bond donors (Lipinski definition) is 1. The summed E-state index contributed by atoms with van der Waals surface area (Å²) in [6.07, 6.45) is 8.20. The lowest BCUT2D eigenvalue weighted by Crippen LogP contribution is -2.52. The zero-order chi connectivity index (χ0) is 17.6. The molecule has 0 bridgehead atoms. The molecule has 2 aliphatic rings. The number of amides is 2. The minimum atomic E-state index is 0.0260. The maximum Gasteiger partial charge on any atom is 0.321 e. The molecule has 1 N–H and O–H groups in total. The Bertz CT molecular complexity index is 541. The average molecular weight is 345 g/mol. The minimum Gasteiger partial charge on any atom is -0.378 e. The van der Waals surface area contributed by atoms with Crippen LogP contribution in [0.5, 0.6) is 0 Å². The van der Waals surface area contributed by atoms with Crippen molar-refractivity contribution in [2.45, 2.75) is 44.6 Å². The van der Waals surface area contributed by atoms with E-state index in [2.05, 4.69) is 15.1 Å². The fourth-order valence-electron chi connectivity index (χ4n) is 3.96. The Morgan fingerprint density at radius 2 is 1.56 bits per heavy atom. The summed E-state index contributed by atoms with van der Waals surface area (Å²) in [7, 11) is 4.03. The van der Waals surface area contributed by atoms with Gasteiger partial charge in [-0.2, -0.15) is 0 Å². The fraction of sp³-hybridized carbons (Fsp3) is 0.650. The van der Waals surface area contributed by atoms with Crippen molar-refractivity contribution in [1.82, 2.24) is 9.80 Å². The van der Waals surface area contributed by atoms with Crippen LogP contribution in [0.15, 0.2) is 24.3 Å². The van der Waals surface area contributed by atoms with Crippen LogP contribution in [0.25, 0.3) is 0 Å². The third kappa shape index (κ3) is 4.88. The monoisotopic (exact) mass is 344 g/mol. The second-order valence-corrected chi connectivity index (χ2v) is 7.54. The topological polar surface area (TPSA) is 38.8 Å². The third-order valence-electron chi connectivity index (χ3n) is 5.58. The molecular weight excluding hydrogens is 312 g/mol. The molecule has 5 heteroatoms. The quantitative estimate of drug-likeness (QED) is 0.851. The molecule has 1 aliphatic carbocycles. The van der Waals surface area contributed by atoms with Crippen LogP contribution in [0.3, 0.4) is 0 Å². The Balaban J connectivity index is 1.47. The predicted octanol–water partition coefficient (Wildman–Crippen LogP) is 3.62. The van der Waals surface area contributed by atoms with E-state index in [-0.39, 0.29) is 6.03 Å². The van der Waals surface area contributed by atoms with Crippen LogP contribution in [0.2, 0.25) is 0 Å². The molecule has 2 fully saturated rings. The first kappa shape index (κ1) is 18.1.